The lowest BCUT2D eigenvalue weighted by Crippen LogP contribution is -2.17. The molecule has 2 aliphatic carbocycles. The van der Waals surface area contributed by atoms with E-state index in [-0.39, 0.29) is 0 Å². The minimum Gasteiger partial charge on any atom is -0.0905 e. The molecule has 2 atom stereocenters. The molecule has 0 fully saturated rings. The highest BCUT2D eigenvalue weighted by atomic mass is 14.3. The van der Waals surface area contributed by atoms with Crippen molar-refractivity contribution in [3.05, 3.63) is 64.8 Å². The van der Waals surface area contributed by atoms with Crippen molar-refractivity contribution in [2.75, 3.05) is 0 Å². The number of unbranched alkanes of at least 4 members (excludes halogenated alkanes) is 1. The third-order valence-electron chi connectivity index (χ3n) is 9.29. The van der Waals surface area contributed by atoms with Gasteiger partial charge in [0.25, 0.3) is 0 Å². The molecule has 3 rings (SSSR count). The van der Waals surface area contributed by atoms with Crippen LogP contribution in [0.5, 0.6) is 0 Å². The van der Waals surface area contributed by atoms with Crippen molar-refractivity contribution in [1.29, 1.82) is 0 Å². The van der Waals surface area contributed by atoms with E-state index in [1.54, 1.807) is 0 Å². The molecule has 0 heteroatoms. The molecule has 0 heterocycles. The standard InChI is InChI=1S/C33H50/c1-9-33(8,10-2)20-19-27-16-18-29-23-28-17-15-26(21-30(28)25(4)31(29)22-27)14-12-11-13-24(3)32(5,6)7/h16-18,21-22,24,26H,4,9-15,19-20,23H2,1-3,5-8H3. The Balaban J connectivity index is 1.63. The van der Waals surface area contributed by atoms with E-state index in [2.05, 4.69) is 85.4 Å². The smallest absolute Gasteiger partial charge is 0.00167 e. The van der Waals surface area contributed by atoms with E-state index in [1.165, 1.54) is 91.2 Å². The zero-order valence-corrected chi connectivity index (χ0v) is 22.8. The van der Waals surface area contributed by atoms with Gasteiger partial charge in [-0.05, 0) is 88.2 Å². The highest BCUT2D eigenvalue weighted by Crippen LogP contribution is 2.42. The van der Waals surface area contributed by atoms with Crippen LogP contribution in [0.4, 0.5) is 0 Å². The first-order chi connectivity index (χ1) is 15.6. The van der Waals surface area contributed by atoms with Crippen molar-refractivity contribution in [3.63, 3.8) is 0 Å². The molecule has 1 aromatic carbocycles. The number of allylic oxidation sites excluding steroid dienone is 5. The first kappa shape index (κ1) is 26.1. The van der Waals surface area contributed by atoms with Crippen LogP contribution in [-0.2, 0) is 12.8 Å². The summed E-state index contributed by atoms with van der Waals surface area (Å²) in [4.78, 5) is 0. The monoisotopic (exact) mass is 446 g/mol. The molecule has 2 aliphatic rings. The molecule has 0 aromatic heterocycles. The van der Waals surface area contributed by atoms with Gasteiger partial charge in [0.15, 0.2) is 0 Å². The second-order valence-corrected chi connectivity index (χ2v) is 12.5. The minimum absolute atomic E-state index is 0.433. The zero-order chi connectivity index (χ0) is 24.2. The highest BCUT2D eigenvalue weighted by molar-refractivity contribution is 5.87. The van der Waals surface area contributed by atoms with Crippen molar-refractivity contribution in [2.24, 2.45) is 22.7 Å². The lowest BCUT2D eigenvalue weighted by atomic mass is 9.74. The maximum Gasteiger partial charge on any atom is -0.00167 e. The molecule has 0 bridgehead atoms. The molecule has 0 amide bonds. The van der Waals surface area contributed by atoms with Gasteiger partial charge in [-0.1, -0.05) is 118 Å². The van der Waals surface area contributed by atoms with Crippen LogP contribution in [0.25, 0.3) is 5.57 Å². The van der Waals surface area contributed by atoms with E-state index in [1.807, 2.05) is 0 Å². The van der Waals surface area contributed by atoms with Crippen molar-refractivity contribution in [1.82, 2.24) is 0 Å². The minimum atomic E-state index is 0.433. The summed E-state index contributed by atoms with van der Waals surface area (Å²) in [6.07, 6.45) is 17.7. The molecule has 0 N–H and O–H groups in total. The molecule has 1 aromatic rings. The van der Waals surface area contributed by atoms with Gasteiger partial charge in [-0.3, -0.25) is 0 Å². The lowest BCUT2D eigenvalue weighted by Gasteiger charge is -2.30. The Bertz CT molecular complexity index is 881. The van der Waals surface area contributed by atoms with Crippen molar-refractivity contribution in [2.45, 2.75) is 113 Å². The number of aryl methyl sites for hydroxylation is 1. The Morgan fingerprint density at radius 3 is 2.45 bits per heavy atom. The van der Waals surface area contributed by atoms with Crippen LogP contribution >= 0.6 is 0 Å². The maximum absolute atomic E-state index is 4.59. The lowest BCUT2D eigenvalue weighted by molar-refractivity contribution is 0.240. The van der Waals surface area contributed by atoms with Gasteiger partial charge in [0.1, 0.15) is 0 Å². The van der Waals surface area contributed by atoms with Gasteiger partial charge in [0.2, 0.25) is 0 Å². The van der Waals surface area contributed by atoms with E-state index in [0.29, 0.717) is 16.7 Å². The summed E-state index contributed by atoms with van der Waals surface area (Å²) in [5, 5.41) is 0. The Labute approximate surface area is 205 Å². The fourth-order valence-corrected chi connectivity index (χ4v) is 5.38. The van der Waals surface area contributed by atoms with Gasteiger partial charge in [0, 0.05) is 0 Å². The molecule has 33 heavy (non-hydrogen) atoms. The first-order valence-corrected chi connectivity index (χ1v) is 13.8. The summed E-state index contributed by atoms with van der Waals surface area (Å²) >= 11 is 0. The van der Waals surface area contributed by atoms with E-state index < -0.39 is 0 Å². The molecule has 0 radical (unpaired) electrons. The number of fused-ring (bicyclic) bond motifs is 2. The predicted molar refractivity (Wildman–Crippen MR) is 148 cm³/mol. The third-order valence-corrected chi connectivity index (χ3v) is 9.29. The fourth-order valence-electron chi connectivity index (χ4n) is 5.38. The Hall–Kier alpha value is -1.56. The van der Waals surface area contributed by atoms with Crippen LogP contribution in [0, 0.1) is 22.7 Å². The normalized spacial score (nSPS) is 19.5. The topological polar surface area (TPSA) is 0 Å². The summed E-state index contributed by atoms with van der Waals surface area (Å²) < 4.78 is 0. The number of hydrogen-bond donors (Lipinski definition) is 0. The van der Waals surface area contributed by atoms with Crippen LogP contribution < -0.4 is 0 Å². The summed E-state index contributed by atoms with van der Waals surface area (Å²) in [7, 11) is 0. The molecule has 0 saturated carbocycles. The van der Waals surface area contributed by atoms with Crippen LogP contribution in [0.1, 0.15) is 117 Å². The van der Waals surface area contributed by atoms with Gasteiger partial charge < -0.3 is 0 Å². The maximum atomic E-state index is 4.59. The van der Waals surface area contributed by atoms with Crippen LogP contribution in [0.15, 0.2) is 48.1 Å². The Kier molecular flexibility index (Phi) is 8.52. The van der Waals surface area contributed by atoms with Gasteiger partial charge in [-0.15, -0.1) is 0 Å². The van der Waals surface area contributed by atoms with Crippen LogP contribution in [-0.4, -0.2) is 0 Å². The molecular weight excluding hydrogens is 396 g/mol. The van der Waals surface area contributed by atoms with Gasteiger partial charge in [-0.25, -0.2) is 0 Å². The van der Waals surface area contributed by atoms with Crippen molar-refractivity contribution < 1.29 is 0 Å². The molecular formula is C33H50. The van der Waals surface area contributed by atoms with E-state index in [0.717, 1.165) is 12.3 Å². The average molecular weight is 447 g/mol. The molecule has 0 nitrogen and oxygen atoms in total. The second kappa shape index (κ2) is 10.8. The van der Waals surface area contributed by atoms with E-state index >= 15 is 0 Å². The number of benzene rings is 1. The molecule has 0 saturated heterocycles. The third kappa shape index (κ3) is 6.52. The molecule has 0 aliphatic heterocycles. The average Bonchev–Trinajstić information content (AvgIpc) is 2.80. The van der Waals surface area contributed by atoms with Crippen LogP contribution in [0.2, 0.25) is 0 Å². The highest BCUT2D eigenvalue weighted by Gasteiger charge is 2.26. The van der Waals surface area contributed by atoms with Gasteiger partial charge >= 0.3 is 0 Å². The Morgan fingerprint density at radius 1 is 1.06 bits per heavy atom. The van der Waals surface area contributed by atoms with Crippen molar-refractivity contribution >= 4 is 5.57 Å². The molecule has 2 unspecified atom stereocenters. The fraction of sp³-hybridized carbons (Fsp3) is 0.636. The summed E-state index contributed by atoms with van der Waals surface area (Å²) in [5.41, 5.74) is 9.49. The quantitative estimate of drug-likeness (QED) is 0.313. The van der Waals surface area contributed by atoms with Gasteiger partial charge in [0.05, 0.1) is 0 Å². The van der Waals surface area contributed by atoms with E-state index in [4.69, 9.17) is 0 Å². The number of hydrogen-bond acceptors (Lipinski definition) is 0. The zero-order valence-electron chi connectivity index (χ0n) is 22.8. The summed E-state index contributed by atoms with van der Waals surface area (Å²) in [6, 6.07) is 7.21. The summed E-state index contributed by atoms with van der Waals surface area (Å²) in [6.45, 7) is 21.3. The molecule has 0 spiro atoms. The summed E-state index contributed by atoms with van der Waals surface area (Å²) in [5.74, 6) is 1.48. The Morgan fingerprint density at radius 2 is 1.79 bits per heavy atom. The first-order valence-electron chi connectivity index (χ1n) is 13.8. The second-order valence-electron chi connectivity index (χ2n) is 12.5. The van der Waals surface area contributed by atoms with Gasteiger partial charge in [-0.2, -0.15) is 0 Å². The largest absolute Gasteiger partial charge is 0.0905 e. The predicted octanol–water partition coefficient (Wildman–Crippen LogP) is 10.1. The SMILES string of the molecule is C=C1C2=CC(CCCCC(C)C(C)(C)C)CC=C2Cc2ccc(CCC(C)(CC)CC)cc21. The molecule has 182 valence electrons. The van der Waals surface area contributed by atoms with E-state index in [9.17, 15) is 0 Å². The van der Waals surface area contributed by atoms with Crippen LogP contribution in [0.3, 0.4) is 0 Å². The number of rotatable bonds is 10. The van der Waals surface area contributed by atoms with Crippen molar-refractivity contribution in [3.8, 4) is 0 Å².